The molecular weight excluding hydrogens is 589 g/mol. The maximum Gasteiger partial charge on any atom is 0.244 e. The highest BCUT2D eigenvalue weighted by Crippen LogP contribution is 2.23. The minimum atomic E-state index is -3.76. The second kappa shape index (κ2) is 12.7. The molecule has 0 unspecified atom stereocenters. The van der Waals surface area contributed by atoms with Gasteiger partial charge in [0.25, 0.3) is 0 Å². The molecule has 2 aromatic carbocycles. The number of sulfonamides is 1. The number of halogens is 2. The van der Waals surface area contributed by atoms with Gasteiger partial charge in [-0.3, -0.25) is 13.9 Å². The number of anilines is 1. The summed E-state index contributed by atoms with van der Waals surface area (Å²) in [6.45, 7) is 5.32. The number of nitrogens with zero attached hydrogens (tertiary/aromatic N) is 2. The Morgan fingerprint density at radius 3 is 2.21 bits per heavy atom. The van der Waals surface area contributed by atoms with E-state index in [1.165, 1.54) is 4.90 Å². The van der Waals surface area contributed by atoms with Crippen LogP contribution in [0, 0.1) is 3.57 Å². The largest absolute Gasteiger partial charge is 0.352 e. The molecular formula is C24H31ClIN3O4S. The van der Waals surface area contributed by atoms with Gasteiger partial charge in [-0.25, -0.2) is 8.42 Å². The van der Waals surface area contributed by atoms with Crippen LogP contribution in [0.1, 0.15) is 39.2 Å². The zero-order chi connectivity index (χ0) is 25.5. The predicted octanol–water partition coefficient (Wildman–Crippen LogP) is 4.43. The van der Waals surface area contributed by atoms with Gasteiger partial charge in [-0.05, 0) is 78.3 Å². The number of nitrogens with one attached hydrogen (secondary N) is 1. The molecule has 2 amide bonds. The summed E-state index contributed by atoms with van der Waals surface area (Å²) >= 11 is 8.48. The summed E-state index contributed by atoms with van der Waals surface area (Å²) in [5.74, 6) is -0.771. The van der Waals surface area contributed by atoms with Gasteiger partial charge >= 0.3 is 0 Å². The van der Waals surface area contributed by atoms with Gasteiger partial charge in [-0.1, -0.05) is 43.6 Å². The van der Waals surface area contributed by atoms with Crippen LogP contribution in [0.4, 0.5) is 5.69 Å². The molecule has 0 heterocycles. The van der Waals surface area contributed by atoms with Crippen molar-refractivity contribution >= 4 is 61.7 Å². The maximum atomic E-state index is 13.6. The first-order valence-electron chi connectivity index (χ1n) is 11.0. The fourth-order valence-electron chi connectivity index (χ4n) is 3.39. The number of benzene rings is 2. The van der Waals surface area contributed by atoms with Crippen LogP contribution in [0.5, 0.6) is 0 Å². The molecule has 0 aliphatic heterocycles. The third-order valence-electron chi connectivity index (χ3n) is 5.48. The molecule has 0 aromatic heterocycles. The van der Waals surface area contributed by atoms with E-state index in [1.807, 2.05) is 20.8 Å². The third kappa shape index (κ3) is 7.84. The molecule has 0 bridgehead atoms. The van der Waals surface area contributed by atoms with Crippen LogP contribution in [-0.4, -0.2) is 50.0 Å². The molecule has 0 radical (unpaired) electrons. The summed E-state index contributed by atoms with van der Waals surface area (Å²) in [4.78, 5) is 28.1. The maximum absolute atomic E-state index is 13.6. The normalized spacial score (nSPS) is 13.1. The van der Waals surface area contributed by atoms with Crippen molar-refractivity contribution in [3.05, 3.63) is 62.7 Å². The van der Waals surface area contributed by atoms with Crippen LogP contribution in [-0.2, 0) is 26.2 Å². The van der Waals surface area contributed by atoms with E-state index in [4.69, 9.17) is 11.6 Å². The van der Waals surface area contributed by atoms with E-state index in [1.54, 1.807) is 48.5 Å². The second-order valence-corrected chi connectivity index (χ2v) is 11.7. The molecule has 7 nitrogen and oxygen atoms in total. The van der Waals surface area contributed by atoms with E-state index < -0.39 is 28.5 Å². The Hall–Kier alpha value is -1.85. The Bertz CT molecular complexity index is 1100. The van der Waals surface area contributed by atoms with E-state index in [0.717, 1.165) is 20.6 Å². The summed E-state index contributed by atoms with van der Waals surface area (Å²) < 4.78 is 27.2. The summed E-state index contributed by atoms with van der Waals surface area (Å²) in [6, 6.07) is 13.1. The number of rotatable bonds is 11. The van der Waals surface area contributed by atoms with Gasteiger partial charge < -0.3 is 10.2 Å². The lowest BCUT2D eigenvalue weighted by molar-refractivity contribution is -0.140. The lowest BCUT2D eigenvalue weighted by Crippen LogP contribution is -2.53. The van der Waals surface area contributed by atoms with Crippen molar-refractivity contribution in [2.24, 2.45) is 0 Å². The zero-order valence-electron chi connectivity index (χ0n) is 19.8. The van der Waals surface area contributed by atoms with E-state index >= 15 is 0 Å². The van der Waals surface area contributed by atoms with Gasteiger partial charge in [0.15, 0.2) is 0 Å². The van der Waals surface area contributed by atoms with Crippen molar-refractivity contribution in [1.29, 1.82) is 0 Å². The highest BCUT2D eigenvalue weighted by atomic mass is 127. The monoisotopic (exact) mass is 619 g/mol. The highest BCUT2D eigenvalue weighted by Gasteiger charge is 2.32. The van der Waals surface area contributed by atoms with Gasteiger partial charge in [-0.2, -0.15) is 0 Å². The molecule has 10 heteroatoms. The molecule has 2 atom stereocenters. The predicted molar refractivity (Wildman–Crippen MR) is 145 cm³/mol. The number of carbonyl (C=O) groups excluding carboxylic acids is 2. The van der Waals surface area contributed by atoms with Crippen LogP contribution < -0.4 is 9.62 Å². The summed E-state index contributed by atoms with van der Waals surface area (Å²) in [6.07, 6.45) is 2.17. The van der Waals surface area contributed by atoms with Crippen molar-refractivity contribution in [3.63, 3.8) is 0 Å². The third-order valence-corrected chi connectivity index (χ3v) is 7.71. The molecule has 0 aliphatic carbocycles. The molecule has 2 rings (SSSR count). The second-order valence-electron chi connectivity index (χ2n) is 8.10. The van der Waals surface area contributed by atoms with Crippen molar-refractivity contribution in [2.75, 3.05) is 17.1 Å². The van der Waals surface area contributed by atoms with E-state index in [0.29, 0.717) is 22.7 Å². The van der Waals surface area contributed by atoms with Crippen molar-refractivity contribution < 1.29 is 18.0 Å². The van der Waals surface area contributed by atoms with Gasteiger partial charge in [0.2, 0.25) is 21.8 Å². The zero-order valence-corrected chi connectivity index (χ0v) is 23.5. The van der Waals surface area contributed by atoms with E-state index in [9.17, 15) is 18.0 Å². The number of amides is 2. The number of carbonyl (C=O) groups is 2. The van der Waals surface area contributed by atoms with Gasteiger partial charge in [0, 0.05) is 21.2 Å². The molecule has 0 saturated carbocycles. The Labute approximate surface area is 221 Å². The molecule has 0 aliphatic rings. The lowest BCUT2D eigenvalue weighted by Gasteiger charge is -2.33. The Kier molecular flexibility index (Phi) is 10.6. The van der Waals surface area contributed by atoms with E-state index in [2.05, 4.69) is 27.9 Å². The summed E-state index contributed by atoms with van der Waals surface area (Å²) in [5, 5.41) is 3.41. The minimum absolute atomic E-state index is 0.0573. The Balaban J connectivity index is 2.44. The summed E-state index contributed by atoms with van der Waals surface area (Å²) in [5.41, 5.74) is 1.05. The molecule has 2 aromatic rings. The first kappa shape index (κ1) is 28.4. The van der Waals surface area contributed by atoms with E-state index in [-0.39, 0.29) is 18.5 Å². The van der Waals surface area contributed by atoms with Crippen LogP contribution >= 0.6 is 34.2 Å². The van der Waals surface area contributed by atoms with Crippen molar-refractivity contribution in [1.82, 2.24) is 10.2 Å². The average molecular weight is 620 g/mol. The molecule has 34 heavy (non-hydrogen) atoms. The highest BCUT2D eigenvalue weighted by molar-refractivity contribution is 14.1. The smallest absolute Gasteiger partial charge is 0.244 e. The fourth-order valence-corrected chi connectivity index (χ4v) is 4.80. The number of hydrogen-bond acceptors (Lipinski definition) is 4. The van der Waals surface area contributed by atoms with Crippen LogP contribution in [0.15, 0.2) is 48.5 Å². The average Bonchev–Trinajstić information content (AvgIpc) is 2.78. The number of hydrogen-bond donors (Lipinski definition) is 1. The van der Waals surface area contributed by atoms with Crippen molar-refractivity contribution in [3.8, 4) is 0 Å². The standard InChI is InChI=1S/C24H31ClIN3O4S/c1-5-17(3)27-24(31)22(6-2)28(15-18-9-7-8-10-21(18)25)23(30)16-29(34(4,32)33)20-13-11-19(26)12-14-20/h7-14,17,22H,5-6,15-16H2,1-4H3,(H,27,31)/t17-,22+/m0/s1. The topological polar surface area (TPSA) is 86.8 Å². The van der Waals surface area contributed by atoms with Crippen LogP contribution in [0.2, 0.25) is 5.02 Å². The Morgan fingerprint density at radius 2 is 1.68 bits per heavy atom. The molecule has 0 spiro atoms. The molecule has 0 fully saturated rings. The van der Waals surface area contributed by atoms with Crippen LogP contribution in [0.25, 0.3) is 0 Å². The first-order valence-corrected chi connectivity index (χ1v) is 14.3. The van der Waals surface area contributed by atoms with Crippen LogP contribution in [0.3, 0.4) is 0 Å². The molecule has 186 valence electrons. The molecule has 0 saturated heterocycles. The lowest BCUT2D eigenvalue weighted by atomic mass is 10.1. The quantitative estimate of drug-likeness (QED) is 0.377. The first-order chi connectivity index (χ1) is 16.0. The van der Waals surface area contributed by atoms with Crippen molar-refractivity contribution in [2.45, 2.75) is 52.2 Å². The Morgan fingerprint density at radius 1 is 1.06 bits per heavy atom. The summed E-state index contributed by atoms with van der Waals surface area (Å²) in [7, 11) is -3.76. The van der Waals surface area contributed by atoms with Gasteiger partial charge in [0.1, 0.15) is 12.6 Å². The fraction of sp³-hybridized carbons (Fsp3) is 0.417. The van der Waals surface area contributed by atoms with Gasteiger partial charge in [0.05, 0.1) is 11.9 Å². The minimum Gasteiger partial charge on any atom is -0.352 e. The van der Waals surface area contributed by atoms with Gasteiger partial charge in [-0.15, -0.1) is 0 Å². The SMILES string of the molecule is CC[C@H](C(=O)N[C@@H](C)CC)N(Cc1ccccc1Cl)C(=O)CN(c1ccc(I)cc1)S(C)(=O)=O. The molecule has 1 N–H and O–H groups in total.